The van der Waals surface area contributed by atoms with Crippen LogP contribution >= 0.6 is 0 Å². The van der Waals surface area contributed by atoms with Crippen molar-refractivity contribution in [2.75, 3.05) is 6.54 Å². The maximum atomic E-state index is 11.9. The van der Waals surface area contributed by atoms with Crippen molar-refractivity contribution in [1.29, 1.82) is 0 Å². The molecule has 0 radical (unpaired) electrons. The maximum Gasteiger partial charge on any atom is 0.338 e. The minimum absolute atomic E-state index is 0.0743. The zero-order valence-electron chi connectivity index (χ0n) is 10.6. The first-order valence-corrected chi connectivity index (χ1v) is 6.04. The summed E-state index contributed by atoms with van der Waals surface area (Å²) < 4.78 is 0. The van der Waals surface area contributed by atoms with Gasteiger partial charge in [-0.05, 0) is 36.2 Å². The standard InChI is InChI=1S/C14H13N3O3/c18-13(12-11(14(19)20)2-1-6-16-12)17-9-5-10-3-7-15-8-4-10/h1-4,6-8H,5,9H2,(H,17,18)(H,19,20). The topological polar surface area (TPSA) is 92.2 Å². The Balaban J connectivity index is 1.97. The molecular weight excluding hydrogens is 258 g/mol. The Morgan fingerprint density at radius 2 is 1.90 bits per heavy atom. The van der Waals surface area contributed by atoms with Crippen LogP contribution in [-0.4, -0.2) is 33.5 Å². The SMILES string of the molecule is O=C(O)c1cccnc1C(=O)NCCc1ccncc1. The Bertz CT molecular complexity index is 614. The Morgan fingerprint density at radius 3 is 2.60 bits per heavy atom. The minimum atomic E-state index is -1.17. The molecule has 6 nitrogen and oxygen atoms in total. The van der Waals surface area contributed by atoms with Gasteiger partial charge in [0.25, 0.3) is 5.91 Å². The van der Waals surface area contributed by atoms with Gasteiger partial charge < -0.3 is 10.4 Å². The number of carbonyl (C=O) groups is 2. The van der Waals surface area contributed by atoms with Gasteiger partial charge >= 0.3 is 5.97 Å². The Morgan fingerprint density at radius 1 is 1.15 bits per heavy atom. The number of aromatic nitrogens is 2. The van der Waals surface area contributed by atoms with Crippen molar-refractivity contribution in [3.05, 3.63) is 59.7 Å². The van der Waals surface area contributed by atoms with E-state index < -0.39 is 11.9 Å². The number of carboxylic acid groups (broad SMARTS) is 1. The number of nitrogens with one attached hydrogen (secondary N) is 1. The lowest BCUT2D eigenvalue weighted by Gasteiger charge is -2.06. The quantitative estimate of drug-likeness (QED) is 0.851. The van der Waals surface area contributed by atoms with Crippen molar-refractivity contribution in [2.45, 2.75) is 6.42 Å². The van der Waals surface area contributed by atoms with Gasteiger partial charge in [0, 0.05) is 25.1 Å². The van der Waals surface area contributed by atoms with Gasteiger partial charge in [-0.25, -0.2) is 4.79 Å². The zero-order chi connectivity index (χ0) is 14.4. The fraction of sp³-hybridized carbons (Fsp3) is 0.143. The van der Waals surface area contributed by atoms with Gasteiger partial charge in [0.05, 0.1) is 5.56 Å². The molecule has 0 aliphatic rings. The number of carboxylic acids is 1. The third-order valence-corrected chi connectivity index (χ3v) is 2.70. The number of carbonyl (C=O) groups excluding carboxylic acids is 1. The van der Waals surface area contributed by atoms with Crippen molar-refractivity contribution in [1.82, 2.24) is 15.3 Å². The number of nitrogens with zero attached hydrogens (tertiary/aromatic N) is 2. The molecule has 0 aliphatic carbocycles. The molecular formula is C14H13N3O3. The fourth-order valence-electron chi connectivity index (χ4n) is 1.71. The van der Waals surface area contributed by atoms with Crippen molar-refractivity contribution >= 4 is 11.9 Å². The number of aromatic carboxylic acids is 1. The minimum Gasteiger partial charge on any atom is -0.478 e. The Labute approximate surface area is 115 Å². The predicted molar refractivity (Wildman–Crippen MR) is 71.5 cm³/mol. The summed E-state index contributed by atoms with van der Waals surface area (Å²) in [6.45, 7) is 0.401. The molecule has 0 aromatic carbocycles. The second-order valence-corrected chi connectivity index (χ2v) is 4.07. The lowest BCUT2D eigenvalue weighted by molar-refractivity contribution is 0.0690. The van der Waals surface area contributed by atoms with E-state index in [1.807, 2.05) is 12.1 Å². The lowest BCUT2D eigenvalue weighted by atomic mass is 10.1. The third-order valence-electron chi connectivity index (χ3n) is 2.70. The van der Waals surface area contributed by atoms with E-state index in [0.717, 1.165) is 5.56 Å². The summed E-state index contributed by atoms with van der Waals surface area (Å²) in [7, 11) is 0. The maximum absolute atomic E-state index is 11.9. The van der Waals surface area contributed by atoms with E-state index in [0.29, 0.717) is 13.0 Å². The molecule has 0 fully saturated rings. The molecule has 102 valence electrons. The number of pyridine rings is 2. The van der Waals surface area contributed by atoms with Crippen molar-refractivity contribution < 1.29 is 14.7 Å². The normalized spacial score (nSPS) is 10.0. The molecule has 2 aromatic rings. The smallest absolute Gasteiger partial charge is 0.338 e. The Hall–Kier alpha value is -2.76. The second kappa shape index (κ2) is 6.42. The molecule has 20 heavy (non-hydrogen) atoms. The third kappa shape index (κ3) is 3.38. The molecule has 0 saturated carbocycles. The van der Waals surface area contributed by atoms with Gasteiger partial charge in [-0.15, -0.1) is 0 Å². The molecule has 2 N–H and O–H groups in total. The van der Waals surface area contributed by atoms with E-state index >= 15 is 0 Å². The first kappa shape index (κ1) is 13.7. The van der Waals surface area contributed by atoms with Crippen molar-refractivity contribution in [2.24, 2.45) is 0 Å². The van der Waals surface area contributed by atoms with Crippen LogP contribution < -0.4 is 5.32 Å². The summed E-state index contributed by atoms with van der Waals surface area (Å²) in [6.07, 6.45) is 5.39. The molecule has 1 amide bonds. The Kier molecular flexibility index (Phi) is 4.39. The highest BCUT2D eigenvalue weighted by molar-refractivity contribution is 6.03. The van der Waals surface area contributed by atoms with Gasteiger partial charge in [0.1, 0.15) is 5.69 Å². The molecule has 0 unspecified atom stereocenters. The molecule has 2 heterocycles. The molecule has 0 bridgehead atoms. The van der Waals surface area contributed by atoms with Crippen molar-refractivity contribution in [3.8, 4) is 0 Å². The van der Waals surface area contributed by atoms with E-state index in [9.17, 15) is 9.59 Å². The van der Waals surface area contributed by atoms with E-state index in [1.165, 1.54) is 18.3 Å². The van der Waals surface area contributed by atoms with Crippen molar-refractivity contribution in [3.63, 3.8) is 0 Å². The zero-order valence-corrected chi connectivity index (χ0v) is 10.6. The van der Waals surface area contributed by atoms with Crippen LogP contribution in [0.4, 0.5) is 0 Å². The first-order chi connectivity index (χ1) is 9.68. The fourth-order valence-corrected chi connectivity index (χ4v) is 1.71. The van der Waals surface area contributed by atoms with E-state index in [2.05, 4.69) is 15.3 Å². The number of hydrogen-bond acceptors (Lipinski definition) is 4. The van der Waals surface area contributed by atoms with Crippen LogP contribution in [0, 0.1) is 0 Å². The summed E-state index contributed by atoms with van der Waals surface area (Å²) in [5.41, 5.74) is 0.864. The number of amides is 1. The molecule has 0 atom stereocenters. The molecule has 2 rings (SSSR count). The largest absolute Gasteiger partial charge is 0.478 e. The van der Waals surface area contributed by atoms with E-state index in [-0.39, 0.29) is 11.3 Å². The molecule has 2 aromatic heterocycles. The highest BCUT2D eigenvalue weighted by Crippen LogP contribution is 2.05. The average molecular weight is 271 g/mol. The van der Waals surface area contributed by atoms with Gasteiger partial charge in [-0.3, -0.25) is 14.8 Å². The van der Waals surface area contributed by atoms with E-state index in [4.69, 9.17) is 5.11 Å². The summed E-state index contributed by atoms with van der Waals surface area (Å²) in [5, 5.41) is 11.6. The monoisotopic (exact) mass is 271 g/mol. The van der Waals surface area contributed by atoms with Gasteiger partial charge in [-0.2, -0.15) is 0 Å². The average Bonchev–Trinajstić information content (AvgIpc) is 2.48. The summed E-state index contributed by atoms with van der Waals surface area (Å²) in [5.74, 6) is -1.66. The first-order valence-electron chi connectivity index (χ1n) is 6.04. The van der Waals surface area contributed by atoms with Crippen LogP contribution in [0.1, 0.15) is 26.4 Å². The van der Waals surface area contributed by atoms with Crippen LogP contribution in [0.5, 0.6) is 0 Å². The second-order valence-electron chi connectivity index (χ2n) is 4.07. The number of hydrogen-bond donors (Lipinski definition) is 2. The predicted octanol–water partition coefficient (Wildman–Crippen LogP) is 1.15. The van der Waals surface area contributed by atoms with Crippen LogP contribution in [0.15, 0.2) is 42.9 Å². The van der Waals surface area contributed by atoms with Crippen LogP contribution in [0.3, 0.4) is 0 Å². The molecule has 0 aliphatic heterocycles. The number of rotatable bonds is 5. The lowest BCUT2D eigenvalue weighted by Crippen LogP contribution is -2.28. The molecule has 6 heteroatoms. The summed E-state index contributed by atoms with van der Waals surface area (Å²) in [4.78, 5) is 30.6. The van der Waals surface area contributed by atoms with Crippen LogP contribution in [0.25, 0.3) is 0 Å². The summed E-state index contributed by atoms with van der Waals surface area (Å²) in [6, 6.07) is 6.55. The molecule has 0 spiro atoms. The van der Waals surface area contributed by atoms with Crippen LogP contribution in [0.2, 0.25) is 0 Å². The van der Waals surface area contributed by atoms with Crippen LogP contribution in [-0.2, 0) is 6.42 Å². The van der Waals surface area contributed by atoms with Gasteiger partial charge in [0.2, 0.25) is 0 Å². The highest BCUT2D eigenvalue weighted by Gasteiger charge is 2.16. The highest BCUT2D eigenvalue weighted by atomic mass is 16.4. The summed E-state index contributed by atoms with van der Waals surface area (Å²) >= 11 is 0. The molecule has 0 saturated heterocycles. The van der Waals surface area contributed by atoms with Gasteiger partial charge in [0.15, 0.2) is 0 Å². The van der Waals surface area contributed by atoms with Gasteiger partial charge in [-0.1, -0.05) is 0 Å². The van der Waals surface area contributed by atoms with E-state index in [1.54, 1.807) is 12.4 Å².